The van der Waals surface area contributed by atoms with Crippen molar-refractivity contribution >= 4 is 34.1 Å². The Morgan fingerprint density at radius 1 is 1.14 bits per heavy atom. The first-order valence-electron chi connectivity index (χ1n) is 11.8. The molecule has 4 rings (SSSR count). The molecule has 7 nitrogen and oxygen atoms in total. The van der Waals surface area contributed by atoms with Crippen molar-refractivity contribution in [3.63, 3.8) is 0 Å². The number of amides is 1. The van der Waals surface area contributed by atoms with Gasteiger partial charge in [0.25, 0.3) is 11.5 Å². The molecule has 0 fully saturated rings. The van der Waals surface area contributed by atoms with Gasteiger partial charge in [-0.1, -0.05) is 42.8 Å². The fourth-order valence-electron chi connectivity index (χ4n) is 4.20. The van der Waals surface area contributed by atoms with Crippen molar-refractivity contribution in [1.82, 2.24) is 14.6 Å². The Bertz CT molecular complexity index is 1510. The van der Waals surface area contributed by atoms with E-state index in [1.54, 1.807) is 49.4 Å². The molecule has 37 heavy (non-hydrogen) atoms. The molecule has 1 amide bonds. The van der Waals surface area contributed by atoms with Crippen LogP contribution in [-0.2, 0) is 0 Å². The zero-order chi connectivity index (χ0) is 26.7. The van der Waals surface area contributed by atoms with E-state index < -0.39 is 34.7 Å². The lowest BCUT2D eigenvalue weighted by Crippen LogP contribution is -2.42. The Balaban J connectivity index is 1.91. The number of anilines is 1. The molecule has 10 heteroatoms. The van der Waals surface area contributed by atoms with Crippen molar-refractivity contribution < 1.29 is 13.6 Å². The molecule has 0 saturated carbocycles. The summed E-state index contributed by atoms with van der Waals surface area (Å²) in [6.45, 7) is 3.28. The maximum Gasteiger partial charge on any atom is 0.280 e. The first-order valence-corrected chi connectivity index (χ1v) is 12.1. The average Bonchev–Trinajstić information content (AvgIpc) is 2.89. The quantitative estimate of drug-likeness (QED) is 0.335. The number of nitrogens with zero attached hydrogens (tertiary/aromatic N) is 3. The number of hydrogen-bond donors (Lipinski definition) is 2. The third-order valence-electron chi connectivity index (χ3n) is 6.07. The monoisotopic (exact) mass is 525 g/mol. The van der Waals surface area contributed by atoms with Crippen LogP contribution in [0.2, 0.25) is 5.02 Å². The maximum absolute atomic E-state index is 14.8. The van der Waals surface area contributed by atoms with E-state index in [0.29, 0.717) is 28.0 Å². The van der Waals surface area contributed by atoms with Crippen molar-refractivity contribution in [3.8, 4) is 0 Å². The predicted octanol–water partition coefficient (Wildman–Crippen LogP) is 5.06. The molecule has 1 aromatic heterocycles. The summed E-state index contributed by atoms with van der Waals surface area (Å²) in [6, 6.07) is 15.5. The minimum absolute atomic E-state index is 0.0149. The van der Waals surface area contributed by atoms with Crippen LogP contribution in [0.4, 0.5) is 14.5 Å². The van der Waals surface area contributed by atoms with Crippen molar-refractivity contribution in [2.75, 3.05) is 18.5 Å². The fraction of sp³-hybridized carbons (Fsp3) is 0.222. The molecule has 0 aliphatic carbocycles. The molecule has 3 aromatic carbocycles. The van der Waals surface area contributed by atoms with E-state index in [2.05, 4.69) is 5.43 Å². The number of aromatic nitrogens is 2. The minimum atomic E-state index is -1.24. The molecule has 0 aliphatic rings. The first kappa shape index (κ1) is 26.2. The summed E-state index contributed by atoms with van der Waals surface area (Å²) >= 11 is 6.17. The van der Waals surface area contributed by atoms with Crippen LogP contribution in [0.3, 0.4) is 0 Å². The molecule has 0 spiro atoms. The van der Waals surface area contributed by atoms with Crippen LogP contribution < -0.4 is 16.7 Å². The number of hydrogen-bond acceptors (Lipinski definition) is 5. The van der Waals surface area contributed by atoms with Crippen molar-refractivity contribution in [1.29, 1.82) is 0 Å². The number of aryl methyl sites for hydroxylation is 1. The zero-order valence-electron chi connectivity index (χ0n) is 20.3. The summed E-state index contributed by atoms with van der Waals surface area (Å²) in [5, 5.41) is 0.703. The van der Waals surface area contributed by atoms with Crippen LogP contribution in [0.25, 0.3) is 10.9 Å². The Kier molecular flexibility index (Phi) is 7.85. The molecule has 192 valence electrons. The first-order chi connectivity index (χ1) is 17.8. The molecule has 1 unspecified atom stereocenters. The Hall–Kier alpha value is -3.82. The highest BCUT2D eigenvalue weighted by Gasteiger charge is 2.31. The number of halogens is 3. The lowest BCUT2D eigenvalue weighted by molar-refractivity contribution is 0.0659. The predicted molar refractivity (Wildman–Crippen MR) is 141 cm³/mol. The van der Waals surface area contributed by atoms with Gasteiger partial charge in [-0.05, 0) is 55.3 Å². The van der Waals surface area contributed by atoms with Crippen LogP contribution in [0.5, 0.6) is 0 Å². The highest BCUT2D eigenvalue weighted by atomic mass is 35.5. The van der Waals surface area contributed by atoms with E-state index in [0.717, 1.165) is 0 Å². The number of nitrogens with one attached hydrogen (secondary N) is 1. The maximum atomic E-state index is 14.8. The smallest absolute Gasteiger partial charge is 0.280 e. The summed E-state index contributed by atoms with van der Waals surface area (Å²) in [4.78, 5) is 33.2. The van der Waals surface area contributed by atoms with Gasteiger partial charge < -0.3 is 10.6 Å². The van der Waals surface area contributed by atoms with Gasteiger partial charge in [0, 0.05) is 18.1 Å². The summed E-state index contributed by atoms with van der Waals surface area (Å²) in [5.74, 6) is -2.89. The number of benzene rings is 3. The van der Waals surface area contributed by atoms with E-state index in [1.165, 1.54) is 28.6 Å². The van der Waals surface area contributed by atoms with Gasteiger partial charge in [0.15, 0.2) is 17.5 Å². The minimum Gasteiger partial charge on any atom is -0.329 e. The second-order valence-electron chi connectivity index (χ2n) is 8.52. The Morgan fingerprint density at radius 2 is 1.86 bits per heavy atom. The standard InChI is InChI=1S/C27H26ClF2N5O2/c1-3-22(34(14-13-31)26(36)20-11-9-16(2)23(29)24(20)30)25-32-21-15-17(28)10-12-19(21)27(37)35(25)33-18-7-5-4-6-8-18/h4-12,15,22,33H,3,13-14,31H2,1-2H3. The molecule has 4 aromatic rings. The Labute approximate surface area is 217 Å². The molecule has 0 bridgehead atoms. The number of carbonyl (C=O) groups is 1. The van der Waals surface area contributed by atoms with Gasteiger partial charge in [-0.25, -0.2) is 18.4 Å². The second-order valence-corrected chi connectivity index (χ2v) is 8.96. The van der Waals surface area contributed by atoms with E-state index in [-0.39, 0.29) is 24.5 Å². The molecule has 1 heterocycles. The van der Waals surface area contributed by atoms with Crippen molar-refractivity contribution in [2.45, 2.75) is 26.3 Å². The van der Waals surface area contributed by atoms with Crippen LogP contribution >= 0.6 is 11.6 Å². The summed E-state index contributed by atoms with van der Waals surface area (Å²) < 4.78 is 30.4. The third-order valence-corrected chi connectivity index (χ3v) is 6.30. The largest absolute Gasteiger partial charge is 0.329 e. The van der Waals surface area contributed by atoms with Gasteiger partial charge in [-0.3, -0.25) is 15.0 Å². The van der Waals surface area contributed by atoms with E-state index in [1.807, 2.05) is 6.07 Å². The van der Waals surface area contributed by atoms with Gasteiger partial charge in [-0.2, -0.15) is 0 Å². The highest BCUT2D eigenvalue weighted by Crippen LogP contribution is 2.28. The summed E-state index contributed by atoms with van der Waals surface area (Å²) in [5.41, 5.74) is 9.09. The van der Waals surface area contributed by atoms with Gasteiger partial charge in [0.05, 0.1) is 28.2 Å². The normalized spacial score (nSPS) is 11.9. The van der Waals surface area contributed by atoms with Crippen molar-refractivity contribution in [3.05, 3.63) is 105 Å². The van der Waals surface area contributed by atoms with Crippen LogP contribution in [-0.4, -0.2) is 33.6 Å². The topological polar surface area (TPSA) is 93.2 Å². The van der Waals surface area contributed by atoms with Gasteiger partial charge in [0.1, 0.15) is 0 Å². The van der Waals surface area contributed by atoms with E-state index in [9.17, 15) is 18.4 Å². The summed E-state index contributed by atoms with van der Waals surface area (Å²) in [7, 11) is 0. The SMILES string of the molecule is CCC(c1nc2cc(Cl)ccc2c(=O)n1Nc1ccccc1)N(CCN)C(=O)c1ccc(C)c(F)c1F. The highest BCUT2D eigenvalue weighted by molar-refractivity contribution is 6.31. The van der Waals surface area contributed by atoms with Crippen LogP contribution in [0, 0.1) is 18.6 Å². The zero-order valence-corrected chi connectivity index (χ0v) is 21.1. The summed E-state index contributed by atoms with van der Waals surface area (Å²) in [6.07, 6.45) is 0.302. The van der Waals surface area contributed by atoms with E-state index in [4.69, 9.17) is 22.3 Å². The number of fused-ring (bicyclic) bond motifs is 1. The van der Waals surface area contributed by atoms with Gasteiger partial charge >= 0.3 is 0 Å². The second kappa shape index (κ2) is 11.1. The molecular formula is C27H26ClF2N5O2. The lowest BCUT2D eigenvalue weighted by atomic mass is 10.1. The third kappa shape index (κ3) is 5.19. The number of para-hydroxylation sites is 1. The molecule has 0 radical (unpaired) electrons. The Morgan fingerprint density at radius 3 is 2.54 bits per heavy atom. The number of nitrogens with two attached hydrogens (primary N) is 1. The van der Waals surface area contributed by atoms with Gasteiger partial charge in [0.2, 0.25) is 0 Å². The number of carbonyl (C=O) groups excluding carboxylic acids is 1. The molecule has 0 saturated heterocycles. The molecular weight excluding hydrogens is 500 g/mol. The fourth-order valence-corrected chi connectivity index (χ4v) is 4.36. The van der Waals surface area contributed by atoms with Crippen LogP contribution in [0.1, 0.15) is 41.1 Å². The number of rotatable bonds is 8. The molecule has 1 atom stereocenters. The molecule has 0 aliphatic heterocycles. The molecule has 3 N–H and O–H groups in total. The van der Waals surface area contributed by atoms with Gasteiger partial charge in [-0.15, -0.1) is 0 Å². The van der Waals surface area contributed by atoms with Crippen molar-refractivity contribution in [2.24, 2.45) is 5.73 Å². The van der Waals surface area contributed by atoms with Crippen LogP contribution in [0.15, 0.2) is 65.5 Å². The van der Waals surface area contributed by atoms with E-state index >= 15 is 0 Å². The average molecular weight is 526 g/mol. The lowest BCUT2D eigenvalue weighted by Gasteiger charge is -2.32.